The van der Waals surface area contributed by atoms with Gasteiger partial charge in [0.15, 0.2) is 5.96 Å². The van der Waals surface area contributed by atoms with Gasteiger partial charge in [-0.25, -0.2) is 4.98 Å². The number of hydrogen-bond donors (Lipinski definition) is 2. The van der Waals surface area contributed by atoms with E-state index in [0.717, 1.165) is 36.2 Å². The first-order valence-corrected chi connectivity index (χ1v) is 7.97. The van der Waals surface area contributed by atoms with Crippen molar-refractivity contribution in [2.24, 2.45) is 4.99 Å². The van der Waals surface area contributed by atoms with E-state index in [1.807, 2.05) is 6.92 Å². The van der Waals surface area contributed by atoms with Crippen LogP contribution in [0, 0.1) is 6.92 Å². The lowest BCUT2D eigenvalue weighted by Gasteiger charge is -2.10. The molecule has 0 radical (unpaired) electrons. The molecule has 0 aromatic carbocycles. The highest BCUT2D eigenvalue weighted by Gasteiger charge is 2.01. The van der Waals surface area contributed by atoms with Gasteiger partial charge in [-0.05, 0) is 29.3 Å². The Labute approximate surface area is 144 Å². The normalized spacial score (nSPS) is 11.0. The van der Waals surface area contributed by atoms with Crippen LogP contribution in [-0.2, 0) is 13.0 Å². The van der Waals surface area contributed by atoms with Crippen LogP contribution in [0.1, 0.15) is 16.3 Å². The summed E-state index contributed by atoms with van der Waals surface area (Å²) in [6.07, 6.45) is 0.920. The van der Waals surface area contributed by atoms with Crippen LogP contribution in [0.3, 0.4) is 0 Å². The largest absolute Gasteiger partial charge is 0.356 e. The Hall–Kier alpha value is -0.670. The van der Waals surface area contributed by atoms with E-state index in [1.54, 1.807) is 29.7 Å². The monoisotopic (exact) mass is 422 g/mol. The molecule has 2 aromatic heterocycles. The van der Waals surface area contributed by atoms with E-state index >= 15 is 0 Å². The molecule has 0 atom stereocenters. The third-order valence-corrected chi connectivity index (χ3v) is 4.16. The highest BCUT2D eigenvalue weighted by molar-refractivity contribution is 14.0. The Morgan fingerprint density at radius 3 is 2.80 bits per heavy atom. The van der Waals surface area contributed by atoms with Crippen molar-refractivity contribution < 1.29 is 0 Å². The van der Waals surface area contributed by atoms with Crippen LogP contribution in [-0.4, -0.2) is 24.5 Å². The molecule has 0 aliphatic heterocycles. The van der Waals surface area contributed by atoms with Crippen molar-refractivity contribution in [3.05, 3.63) is 38.5 Å². The van der Waals surface area contributed by atoms with E-state index in [4.69, 9.17) is 0 Å². The summed E-state index contributed by atoms with van der Waals surface area (Å²) in [5, 5.41) is 14.0. The molecule has 7 heteroatoms. The summed E-state index contributed by atoms with van der Waals surface area (Å²) in [7, 11) is 1.79. The first-order valence-electron chi connectivity index (χ1n) is 6.14. The van der Waals surface area contributed by atoms with Gasteiger partial charge in [-0.15, -0.1) is 35.3 Å². The summed E-state index contributed by atoms with van der Waals surface area (Å²) in [5.41, 5.74) is 2.42. The van der Waals surface area contributed by atoms with Crippen LogP contribution in [0.2, 0.25) is 0 Å². The Bertz CT molecular complexity index is 522. The SMILES string of the molecule is CN=C(NCCc1csc(C)n1)NCc1ccsc1.I. The maximum absolute atomic E-state index is 4.44. The minimum atomic E-state index is 0. The zero-order chi connectivity index (χ0) is 13.5. The highest BCUT2D eigenvalue weighted by Crippen LogP contribution is 2.07. The summed E-state index contributed by atoms with van der Waals surface area (Å²) >= 11 is 3.40. The first-order chi connectivity index (χ1) is 9.28. The second-order valence-electron chi connectivity index (χ2n) is 4.09. The fourth-order valence-electron chi connectivity index (χ4n) is 1.63. The molecule has 2 rings (SSSR count). The van der Waals surface area contributed by atoms with Gasteiger partial charge in [-0.1, -0.05) is 0 Å². The molecule has 20 heavy (non-hydrogen) atoms. The van der Waals surface area contributed by atoms with Crippen LogP contribution in [0.5, 0.6) is 0 Å². The fourth-order valence-corrected chi connectivity index (χ4v) is 2.95. The number of thiophene rings is 1. The van der Waals surface area contributed by atoms with Gasteiger partial charge < -0.3 is 10.6 Å². The third kappa shape index (κ3) is 5.76. The molecule has 0 bridgehead atoms. The molecular weight excluding hydrogens is 403 g/mol. The topological polar surface area (TPSA) is 49.3 Å². The van der Waals surface area contributed by atoms with Crippen LogP contribution in [0.15, 0.2) is 27.2 Å². The number of nitrogens with one attached hydrogen (secondary N) is 2. The van der Waals surface area contributed by atoms with Crippen molar-refractivity contribution in [3.8, 4) is 0 Å². The predicted octanol–water partition coefficient (Wildman–Crippen LogP) is 3.04. The number of aliphatic imine (C=N–C) groups is 1. The summed E-state index contributed by atoms with van der Waals surface area (Å²) < 4.78 is 0. The molecule has 2 N–H and O–H groups in total. The van der Waals surface area contributed by atoms with Gasteiger partial charge in [0.05, 0.1) is 10.7 Å². The first kappa shape index (κ1) is 17.4. The Kier molecular flexibility index (Phi) is 8.08. The summed E-state index contributed by atoms with van der Waals surface area (Å²) in [5.74, 6) is 0.832. The smallest absolute Gasteiger partial charge is 0.191 e. The van der Waals surface area contributed by atoms with Crippen molar-refractivity contribution in [2.75, 3.05) is 13.6 Å². The minimum absolute atomic E-state index is 0. The number of aromatic nitrogens is 1. The van der Waals surface area contributed by atoms with E-state index < -0.39 is 0 Å². The molecule has 0 saturated heterocycles. The molecule has 4 nitrogen and oxygen atoms in total. The zero-order valence-electron chi connectivity index (χ0n) is 11.5. The van der Waals surface area contributed by atoms with Gasteiger partial charge in [-0.2, -0.15) is 11.3 Å². The maximum atomic E-state index is 4.44. The van der Waals surface area contributed by atoms with E-state index in [2.05, 4.69) is 42.8 Å². The van der Waals surface area contributed by atoms with Crippen LogP contribution in [0.4, 0.5) is 0 Å². The molecular formula is C13H19IN4S2. The van der Waals surface area contributed by atoms with Gasteiger partial charge in [0.2, 0.25) is 0 Å². The number of rotatable bonds is 5. The number of nitrogens with zero attached hydrogens (tertiary/aromatic N) is 2. The van der Waals surface area contributed by atoms with E-state index in [-0.39, 0.29) is 24.0 Å². The molecule has 0 saturated carbocycles. The molecule has 110 valence electrons. The van der Waals surface area contributed by atoms with E-state index in [9.17, 15) is 0 Å². The number of thiazole rings is 1. The Morgan fingerprint density at radius 1 is 1.35 bits per heavy atom. The average molecular weight is 422 g/mol. The maximum Gasteiger partial charge on any atom is 0.191 e. The third-order valence-electron chi connectivity index (χ3n) is 2.60. The van der Waals surface area contributed by atoms with Crippen LogP contribution < -0.4 is 10.6 Å². The van der Waals surface area contributed by atoms with Crippen LogP contribution in [0.25, 0.3) is 0 Å². The fraction of sp³-hybridized carbons (Fsp3) is 0.385. The van der Waals surface area contributed by atoms with Gasteiger partial charge in [-0.3, -0.25) is 4.99 Å². The van der Waals surface area contributed by atoms with E-state index in [0.29, 0.717) is 0 Å². The predicted molar refractivity (Wildman–Crippen MR) is 98.5 cm³/mol. The summed E-state index contributed by atoms with van der Waals surface area (Å²) in [6.45, 7) is 3.68. The van der Waals surface area contributed by atoms with Gasteiger partial charge in [0, 0.05) is 31.9 Å². The van der Waals surface area contributed by atoms with Gasteiger partial charge in [0.25, 0.3) is 0 Å². The van der Waals surface area contributed by atoms with Crippen molar-refractivity contribution in [2.45, 2.75) is 19.9 Å². The second kappa shape index (κ2) is 9.30. The van der Waals surface area contributed by atoms with Crippen molar-refractivity contribution in [1.82, 2.24) is 15.6 Å². The zero-order valence-corrected chi connectivity index (χ0v) is 15.5. The quantitative estimate of drug-likeness (QED) is 0.443. The van der Waals surface area contributed by atoms with Crippen molar-refractivity contribution in [1.29, 1.82) is 0 Å². The average Bonchev–Trinajstić information content (AvgIpc) is 3.05. The van der Waals surface area contributed by atoms with Crippen molar-refractivity contribution in [3.63, 3.8) is 0 Å². The number of guanidine groups is 1. The Morgan fingerprint density at radius 2 is 2.20 bits per heavy atom. The lowest BCUT2D eigenvalue weighted by molar-refractivity contribution is 0.787. The summed E-state index contributed by atoms with van der Waals surface area (Å²) in [4.78, 5) is 8.64. The number of halogens is 1. The Balaban J connectivity index is 0.00000200. The number of hydrogen-bond acceptors (Lipinski definition) is 4. The van der Waals surface area contributed by atoms with E-state index in [1.165, 1.54) is 5.56 Å². The molecule has 0 fully saturated rings. The standard InChI is InChI=1S/C13H18N4S2.HI/c1-10-17-12(9-19-10)3-5-15-13(14-2)16-7-11-4-6-18-8-11;/h4,6,8-9H,3,5,7H2,1-2H3,(H2,14,15,16);1H. The van der Waals surface area contributed by atoms with Gasteiger partial charge in [0.1, 0.15) is 0 Å². The molecule has 2 aromatic rings. The van der Waals surface area contributed by atoms with Gasteiger partial charge >= 0.3 is 0 Å². The molecule has 0 amide bonds. The molecule has 0 spiro atoms. The lowest BCUT2D eigenvalue weighted by Crippen LogP contribution is -2.37. The minimum Gasteiger partial charge on any atom is -0.356 e. The molecule has 0 unspecified atom stereocenters. The number of aryl methyl sites for hydroxylation is 1. The van der Waals surface area contributed by atoms with Crippen molar-refractivity contribution >= 4 is 52.6 Å². The molecule has 2 heterocycles. The molecule has 0 aliphatic rings. The lowest BCUT2D eigenvalue weighted by atomic mass is 10.3. The highest BCUT2D eigenvalue weighted by atomic mass is 127. The summed E-state index contributed by atoms with van der Waals surface area (Å²) in [6, 6.07) is 2.11. The van der Waals surface area contributed by atoms with Crippen LogP contribution >= 0.6 is 46.7 Å². The molecule has 0 aliphatic carbocycles. The second-order valence-corrected chi connectivity index (χ2v) is 5.93.